The molecule has 0 aliphatic rings. The summed E-state index contributed by atoms with van der Waals surface area (Å²) in [5, 5.41) is 0. The van der Waals surface area contributed by atoms with E-state index in [0.29, 0.717) is 0 Å². The normalized spacial score (nSPS) is 11.6. The summed E-state index contributed by atoms with van der Waals surface area (Å²) >= 11 is 0. The summed E-state index contributed by atoms with van der Waals surface area (Å²) in [5.74, 6) is 5.19. The molecule has 0 heterocycles. The van der Waals surface area contributed by atoms with E-state index in [2.05, 4.69) is 46.6 Å². The van der Waals surface area contributed by atoms with Gasteiger partial charge in [-0.2, -0.15) is 6.92 Å². The zero-order chi connectivity index (χ0) is 18.2. The fraction of sp³-hybridized carbons (Fsp3) is 0.750. The van der Waals surface area contributed by atoms with Crippen molar-refractivity contribution in [3.63, 3.8) is 0 Å². The Hall–Kier alpha value is 0.394. The standard InChI is InChI=1S/C8H18NO4S2.C7H11.CH4.Y/c1-8(2,3)14(10,11)6-5-7-15(12,13)9-4;1-5-6-7(2,3)4;;/h9H,4-7H2,1-3H3;1H2,2-4H3;1H4;/q2*-1;;. The van der Waals surface area contributed by atoms with Crippen LogP contribution in [0.2, 0.25) is 0 Å². The number of rotatable bonds is 5. The van der Waals surface area contributed by atoms with E-state index in [1.165, 1.54) is 0 Å². The summed E-state index contributed by atoms with van der Waals surface area (Å²) in [6, 6.07) is 0. The largest absolute Gasteiger partial charge is 0.368 e. The van der Waals surface area contributed by atoms with Crippen molar-refractivity contribution in [2.45, 2.75) is 60.1 Å². The Morgan fingerprint density at radius 2 is 1.38 bits per heavy atom. The minimum absolute atomic E-state index is 0. The predicted molar refractivity (Wildman–Crippen MR) is 99.8 cm³/mol. The van der Waals surface area contributed by atoms with E-state index < -0.39 is 24.6 Å². The second-order valence-corrected chi connectivity index (χ2v) is 11.6. The fourth-order valence-electron chi connectivity index (χ4n) is 1.08. The van der Waals surface area contributed by atoms with Crippen LogP contribution in [0.4, 0.5) is 0 Å². The summed E-state index contributed by atoms with van der Waals surface area (Å²) in [5.41, 5.74) is 0.127. The number of hydrogen-bond acceptors (Lipinski definition) is 4. The molecule has 0 aromatic carbocycles. The molecule has 143 valence electrons. The summed E-state index contributed by atoms with van der Waals surface area (Å²) in [6.07, 6.45) is 0.0878. The van der Waals surface area contributed by atoms with Gasteiger partial charge in [-0.05, 0) is 27.2 Å². The van der Waals surface area contributed by atoms with Gasteiger partial charge in [0.15, 0.2) is 19.9 Å². The van der Waals surface area contributed by atoms with Crippen molar-refractivity contribution >= 4 is 19.9 Å². The average molecular weight is 456 g/mol. The number of nitrogens with one attached hydrogen (secondary N) is 1. The summed E-state index contributed by atoms with van der Waals surface area (Å²) in [6.45, 7) is 14.4. The molecule has 0 bridgehead atoms. The van der Waals surface area contributed by atoms with Crippen LogP contribution in [0.15, 0.2) is 0 Å². The molecule has 0 aromatic heterocycles. The van der Waals surface area contributed by atoms with Crippen LogP contribution in [0, 0.1) is 31.2 Å². The first kappa shape index (κ1) is 32.1. The smallest absolute Gasteiger partial charge is 0.184 e. The zero-order valence-electron chi connectivity index (χ0n) is 15.1. The first-order chi connectivity index (χ1) is 9.58. The molecule has 0 fully saturated rings. The van der Waals surface area contributed by atoms with Gasteiger partial charge >= 0.3 is 0 Å². The molecule has 0 aliphatic carbocycles. The Morgan fingerprint density at radius 3 is 1.58 bits per heavy atom. The first-order valence-electron chi connectivity index (χ1n) is 6.86. The van der Waals surface area contributed by atoms with Crippen molar-refractivity contribution in [2.24, 2.45) is 5.41 Å². The van der Waals surface area contributed by atoms with E-state index in [0.717, 1.165) is 0 Å². The van der Waals surface area contributed by atoms with E-state index in [-0.39, 0.29) is 63.5 Å². The molecule has 0 saturated carbocycles. The zero-order valence-corrected chi connectivity index (χ0v) is 19.5. The Balaban J connectivity index is -0.000000191. The Kier molecular flexibility index (Phi) is 17.0. The summed E-state index contributed by atoms with van der Waals surface area (Å²) < 4.78 is 46.2. The molecule has 1 radical (unpaired) electrons. The van der Waals surface area contributed by atoms with Gasteiger partial charge < -0.3 is 10.6 Å². The third-order valence-corrected chi connectivity index (χ3v) is 6.40. The predicted octanol–water partition coefficient (Wildman–Crippen LogP) is 2.80. The first-order valence-corrected chi connectivity index (χ1v) is 10.2. The molecule has 8 heteroatoms. The summed E-state index contributed by atoms with van der Waals surface area (Å²) in [4.78, 5) is 0. The van der Waals surface area contributed by atoms with Crippen molar-refractivity contribution < 1.29 is 49.5 Å². The van der Waals surface area contributed by atoms with Crippen LogP contribution in [-0.2, 0) is 52.6 Å². The van der Waals surface area contributed by atoms with E-state index in [4.69, 9.17) is 0 Å². The minimum Gasteiger partial charge on any atom is -0.368 e. The molecule has 24 heavy (non-hydrogen) atoms. The second-order valence-electron chi connectivity index (χ2n) is 6.80. The van der Waals surface area contributed by atoms with Crippen molar-refractivity contribution in [3.05, 3.63) is 14.0 Å². The molecular formula is C16H33NO4S2Y-2. The number of hydrogen-bond donors (Lipinski definition) is 1. The van der Waals surface area contributed by atoms with Crippen LogP contribution in [0.25, 0.3) is 0 Å². The van der Waals surface area contributed by atoms with Gasteiger partial charge in [0, 0.05) is 32.7 Å². The van der Waals surface area contributed by atoms with Crippen molar-refractivity contribution in [3.8, 4) is 11.8 Å². The molecule has 0 amide bonds. The van der Waals surface area contributed by atoms with Gasteiger partial charge in [-0.1, -0.05) is 33.6 Å². The minimum atomic E-state index is -3.41. The van der Waals surface area contributed by atoms with Gasteiger partial charge in [0.25, 0.3) is 0 Å². The van der Waals surface area contributed by atoms with E-state index >= 15 is 0 Å². The Bertz CT molecular complexity index is 587. The molecule has 0 rings (SSSR count). The maximum Gasteiger partial charge on any atom is 0.184 e. The third kappa shape index (κ3) is 17.2. The van der Waals surface area contributed by atoms with Gasteiger partial charge in [0.05, 0.1) is 16.3 Å². The number of sulfonamides is 1. The molecule has 0 saturated heterocycles. The summed E-state index contributed by atoms with van der Waals surface area (Å²) in [7, 11) is -3.62. The van der Waals surface area contributed by atoms with E-state index in [9.17, 15) is 16.8 Å². The monoisotopic (exact) mass is 456 g/mol. The molecule has 0 aromatic rings. The fourth-order valence-corrected chi connectivity index (χ4v) is 3.07. The third-order valence-electron chi connectivity index (χ3n) is 2.44. The van der Waals surface area contributed by atoms with Crippen LogP contribution in [0.1, 0.15) is 55.4 Å². The van der Waals surface area contributed by atoms with Gasteiger partial charge in [-0.15, -0.1) is 0 Å². The molecule has 0 atom stereocenters. The van der Waals surface area contributed by atoms with Gasteiger partial charge in [0.1, 0.15) is 0 Å². The Morgan fingerprint density at radius 1 is 0.958 bits per heavy atom. The van der Waals surface area contributed by atoms with Gasteiger partial charge in [-0.25, -0.2) is 16.8 Å². The van der Waals surface area contributed by atoms with Crippen molar-refractivity contribution in [1.29, 1.82) is 0 Å². The van der Waals surface area contributed by atoms with Crippen LogP contribution in [0.5, 0.6) is 0 Å². The average Bonchev–Trinajstić information content (AvgIpc) is 2.26. The molecule has 0 spiro atoms. The molecule has 1 N–H and O–H groups in total. The number of sulfone groups is 1. The second kappa shape index (κ2) is 12.7. The quantitative estimate of drug-likeness (QED) is 0.510. The van der Waals surface area contributed by atoms with Crippen LogP contribution in [-0.4, -0.2) is 33.1 Å². The maximum atomic E-state index is 11.6. The topological polar surface area (TPSA) is 80.3 Å². The maximum absolute atomic E-state index is 11.6. The van der Waals surface area contributed by atoms with Crippen molar-refractivity contribution in [2.75, 3.05) is 11.5 Å². The molecule has 0 unspecified atom stereocenters. The van der Waals surface area contributed by atoms with E-state index in [1.54, 1.807) is 20.8 Å². The van der Waals surface area contributed by atoms with Gasteiger partial charge in [0.2, 0.25) is 0 Å². The van der Waals surface area contributed by atoms with Crippen LogP contribution < -0.4 is 4.72 Å². The SMILES string of the molecule is C.[CH2-]C#CC(C)(C)C.[CH2-]NS(=O)(=O)CCCS(=O)(=O)C(C)(C)C.[Y]. The van der Waals surface area contributed by atoms with Crippen molar-refractivity contribution in [1.82, 2.24) is 4.72 Å². The van der Waals surface area contributed by atoms with Gasteiger partial charge in [-0.3, -0.25) is 13.0 Å². The molecule has 0 aliphatic heterocycles. The van der Waals surface area contributed by atoms with Crippen LogP contribution >= 0.6 is 0 Å². The van der Waals surface area contributed by atoms with Crippen LogP contribution in [0.3, 0.4) is 0 Å². The Labute approximate surface area is 176 Å². The molecular weight excluding hydrogens is 423 g/mol. The molecule has 5 nitrogen and oxygen atoms in total. The van der Waals surface area contributed by atoms with E-state index in [1.807, 2.05) is 4.72 Å².